The van der Waals surface area contributed by atoms with Crippen molar-refractivity contribution in [3.63, 3.8) is 0 Å². The molecule has 6 nitrogen and oxygen atoms in total. The van der Waals surface area contributed by atoms with Gasteiger partial charge < -0.3 is 10.1 Å². The maximum Gasteiger partial charge on any atom is 0.326 e. The van der Waals surface area contributed by atoms with Crippen molar-refractivity contribution < 1.29 is 19.1 Å². The van der Waals surface area contributed by atoms with Crippen molar-refractivity contribution in [3.05, 3.63) is 21.9 Å². The van der Waals surface area contributed by atoms with Gasteiger partial charge in [0.15, 0.2) is 0 Å². The highest BCUT2D eigenvalue weighted by Crippen LogP contribution is 2.41. The molecule has 0 unspecified atom stereocenters. The third-order valence-corrected chi connectivity index (χ3v) is 4.91. The number of rotatable bonds is 3. The summed E-state index contributed by atoms with van der Waals surface area (Å²) in [4.78, 5) is 38.5. The summed E-state index contributed by atoms with van der Waals surface area (Å²) in [5.74, 6) is -0.917. The number of urea groups is 1. The highest BCUT2D eigenvalue weighted by molar-refractivity contribution is 7.10. The summed E-state index contributed by atoms with van der Waals surface area (Å²) in [6.07, 6.45) is 2.34. The summed E-state index contributed by atoms with van der Waals surface area (Å²) in [5.41, 5.74) is -0.111. The van der Waals surface area contributed by atoms with Crippen molar-refractivity contribution in [2.24, 2.45) is 0 Å². The van der Waals surface area contributed by atoms with E-state index in [2.05, 4.69) is 5.32 Å². The number of nitrogens with zero attached hydrogens (tertiary/aromatic N) is 1. The van der Waals surface area contributed by atoms with Crippen LogP contribution in [0.2, 0.25) is 0 Å². The van der Waals surface area contributed by atoms with E-state index in [1.807, 2.05) is 11.4 Å². The number of amides is 3. The first-order valence-corrected chi connectivity index (χ1v) is 7.83. The van der Waals surface area contributed by atoms with Gasteiger partial charge in [-0.25, -0.2) is 4.79 Å². The molecule has 1 fully saturated rings. The largest absolute Gasteiger partial charge is 0.465 e. The minimum absolute atomic E-state index is 0.225. The number of hydrogen-bond donors (Lipinski definition) is 1. The molecule has 1 saturated heterocycles. The van der Waals surface area contributed by atoms with Crippen LogP contribution >= 0.6 is 11.3 Å². The lowest BCUT2D eigenvalue weighted by atomic mass is 9.80. The van der Waals surface area contributed by atoms with Crippen molar-refractivity contribution in [2.45, 2.75) is 31.7 Å². The van der Waals surface area contributed by atoms with Crippen molar-refractivity contribution in [3.8, 4) is 0 Å². The Kier molecular flexibility index (Phi) is 3.44. The zero-order chi connectivity index (χ0) is 15.0. The molecule has 2 heterocycles. The molecule has 1 aliphatic heterocycles. The van der Waals surface area contributed by atoms with Crippen LogP contribution in [0.3, 0.4) is 0 Å². The molecule has 0 aromatic carbocycles. The van der Waals surface area contributed by atoms with E-state index in [4.69, 9.17) is 4.74 Å². The zero-order valence-electron chi connectivity index (χ0n) is 11.7. The molecule has 1 spiro atoms. The smallest absolute Gasteiger partial charge is 0.326 e. The van der Waals surface area contributed by atoms with E-state index in [1.54, 1.807) is 18.3 Å². The Hall–Kier alpha value is -1.89. The van der Waals surface area contributed by atoms with E-state index in [1.165, 1.54) is 0 Å². The van der Waals surface area contributed by atoms with E-state index in [0.717, 1.165) is 28.2 Å². The maximum absolute atomic E-state index is 12.7. The van der Waals surface area contributed by atoms with Crippen LogP contribution in [-0.4, -0.2) is 36.0 Å². The Morgan fingerprint density at radius 1 is 1.52 bits per heavy atom. The average molecular weight is 308 g/mol. The number of hydrogen-bond acceptors (Lipinski definition) is 5. The Bertz CT molecular complexity index is 612. The minimum Gasteiger partial charge on any atom is -0.465 e. The topological polar surface area (TPSA) is 75.7 Å². The van der Waals surface area contributed by atoms with Crippen LogP contribution in [0.4, 0.5) is 4.79 Å². The standard InChI is InChI=1S/C14H16N2O4S/c1-2-20-11(17)8-16-12(18)14(15-13(16)19)6-3-4-10-9(14)5-7-21-10/h5,7H,2-4,6,8H2,1H3,(H,15,19)/t14-/m0/s1. The van der Waals surface area contributed by atoms with Crippen LogP contribution in [-0.2, 0) is 26.3 Å². The number of carbonyl (C=O) groups is 3. The van der Waals surface area contributed by atoms with Gasteiger partial charge in [-0.1, -0.05) is 0 Å². The van der Waals surface area contributed by atoms with Crippen LogP contribution in [0.1, 0.15) is 30.2 Å². The van der Waals surface area contributed by atoms with Gasteiger partial charge in [-0.05, 0) is 37.6 Å². The van der Waals surface area contributed by atoms with Crippen molar-refractivity contribution in [2.75, 3.05) is 13.2 Å². The van der Waals surface area contributed by atoms with Gasteiger partial charge >= 0.3 is 12.0 Å². The predicted molar refractivity (Wildman–Crippen MR) is 75.8 cm³/mol. The van der Waals surface area contributed by atoms with Gasteiger partial charge in [-0.3, -0.25) is 14.5 Å². The molecule has 3 amide bonds. The van der Waals surface area contributed by atoms with Gasteiger partial charge in [-0.15, -0.1) is 11.3 Å². The number of thiophene rings is 1. The second-order valence-electron chi connectivity index (χ2n) is 5.14. The molecule has 21 heavy (non-hydrogen) atoms. The molecular formula is C14H16N2O4S. The number of ether oxygens (including phenoxy) is 1. The van der Waals surface area contributed by atoms with E-state index in [-0.39, 0.29) is 19.1 Å². The highest BCUT2D eigenvalue weighted by atomic mass is 32.1. The molecule has 1 aliphatic carbocycles. The highest BCUT2D eigenvalue weighted by Gasteiger charge is 2.54. The molecular weight excluding hydrogens is 292 g/mol. The Morgan fingerprint density at radius 3 is 3.10 bits per heavy atom. The first-order valence-electron chi connectivity index (χ1n) is 6.95. The molecule has 1 aromatic rings. The van der Waals surface area contributed by atoms with E-state index in [9.17, 15) is 14.4 Å². The fourth-order valence-corrected chi connectivity index (χ4v) is 4.02. The fourth-order valence-electron chi connectivity index (χ4n) is 3.02. The average Bonchev–Trinajstić information content (AvgIpc) is 3.01. The minimum atomic E-state index is -0.989. The van der Waals surface area contributed by atoms with Gasteiger partial charge in [0.25, 0.3) is 5.91 Å². The number of imide groups is 1. The van der Waals surface area contributed by atoms with Crippen LogP contribution in [0.15, 0.2) is 11.4 Å². The fraction of sp³-hybridized carbons (Fsp3) is 0.500. The summed E-state index contributed by atoms with van der Waals surface area (Å²) >= 11 is 1.60. The predicted octanol–water partition coefficient (Wildman–Crippen LogP) is 1.39. The second-order valence-corrected chi connectivity index (χ2v) is 6.14. The normalized spacial score (nSPS) is 24.1. The third kappa shape index (κ3) is 2.12. The first kappa shape index (κ1) is 14.1. The van der Waals surface area contributed by atoms with Crippen LogP contribution in [0, 0.1) is 0 Å². The molecule has 1 N–H and O–H groups in total. The summed E-state index contributed by atoms with van der Waals surface area (Å²) in [6.45, 7) is 1.58. The first-order chi connectivity index (χ1) is 10.1. The zero-order valence-corrected chi connectivity index (χ0v) is 12.5. The molecule has 0 bridgehead atoms. The van der Waals surface area contributed by atoms with Crippen molar-refractivity contribution in [1.29, 1.82) is 0 Å². The lowest BCUT2D eigenvalue weighted by Gasteiger charge is -2.31. The van der Waals surface area contributed by atoms with Gasteiger partial charge in [0.2, 0.25) is 0 Å². The van der Waals surface area contributed by atoms with Crippen molar-refractivity contribution in [1.82, 2.24) is 10.2 Å². The summed E-state index contributed by atoms with van der Waals surface area (Å²) in [5, 5.41) is 4.73. The van der Waals surface area contributed by atoms with Gasteiger partial charge in [0.1, 0.15) is 12.1 Å². The molecule has 1 atom stereocenters. The quantitative estimate of drug-likeness (QED) is 0.676. The summed E-state index contributed by atoms with van der Waals surface area (Å²) < 4.78 is 4.82. The number of fused-ring (bicyclic) bond motifs is 2. The monoisotopic (exact) mass is 308 g/mol. The van der Waals surface area contributed by atoms with Crippen molar-refractivity contribution >= 4 is 29.2 Å². The summed E-state index contributed by atoms with van der Waals surface area (Å²) in [6, 6.07) is 1.37. The van der Waals surface area contributed by atoms with Gasteiger partial charge in [0, 0.05) is 10.4 Å². The molecule has 1 aromatic heterocycles. The molecule has 3 rings (SSSR count). The molecule has 112 valence electrons. The van der Waals surface area contributed by atoms with E-state index < -0.39 is 17.5 Å². The van der Waals surface area contributed by atoms with E-state index in [0.29, 0.717) is 6.42 Å². The molecule has 7 heteroatoms. The molecule has 0 radical (unpaired) electrons. The molecule has 2 aliphatic rings. The van der Waals surface area contributed by atoms with Crippen LogP contribution in [0.5, 0.6) is 0 Å². The SMILES string of the molecule is CCOC(=O)CN1C(=O)N[C@]2(CCCc3sccc32)C1=O. The number of carbonyl (C=O) groups excluding carboxylic acids is 3. The van der Waals surface area contributed by atoms with E-state index >= 15 is 0 Å². The lowest BCUT2D eigenvalue weighted by molar-refractivity contribution is -0.147. The lowest BCUT2D eigenvalue weighted by Crippen LogP contribution is -2.46. The second kappa shape index (κ2) is 5.14. The molecule has 0 saturated carbocycles. The van der Waals surface area contributed by atoms with Crippen LogP contribution in [0.25, 0.3) is 0 Å². The number of aryl methyl sites for hydroxylation is 1. The summed E-state index contributed by atoms with van der Waals surface area (Å²) in [7, 11) is 0. The van der Waals surface area contributed by atoms with Gasteiger partial charge in [0.05, 0.1) is 6.61 Å². The number of nitrogens with one attached hydrogen (secondary N) is 1. The Morgan fingerprint density at radius 2 is 2.33 bits per heavy atom. The maximum atomic E-state index is 12.7. The Balaban J connectivity index is 1.89. The van der Waals surface area contributed by atoms with Crippen LogP contribution < -0.4 is 5.32 Å². The van der Waals surface area contributed by atoms with Gasteiger partial charge in [-0.2, -0.15) is 0 Å². The number of esters is 1. The Labute approximate surface area is 126 Å². The third-order valence-electron chi connectivity index (χ3n) is 3.93.